The first-order chi connectivity index (χ1) is 19.7. The minimum Gasteiger partial charge on any atom is -0.361 e. The second kappa shape index (κ2) is 11.2. The van der Waals surface area contributed by atoms with Gasteiger partial charge in [-0.25, -0.2) is 24.7 Å². The smallest absolute Gasteiger partial charge is 0.332 e. The Morgan fingerprint density at radius 3 is 2.51 bits per heavy atom. The Balaban J connectivity index is 1.41. The van der Waals surface area contributed by atoms with Gasteiger partial charge in [0, 0.05) is 44.2 Å². The number of carbonyl (C=O) groups excluding carboxylic acids is 1. The van der Waals surface area contributed by atoms with Crippen molar-refractivity contribution < 1.29 is 9.32 Å². The highest BCUT2D eigenvalue weighted by Gasteiger charge is 2.23. The first-order valence-corrected chi connectivity index (χ1v) is 13.2. The Kier molecular flexibility index (Phi) is 7.46. The van der Waals surface area contributed by atoms with Crippen molar-refractivity contribution in [1.29, 1.82) is 0 Å². The number of rotatable bonds is 9. The molecule has 14 nitrogen and oxygen atoms in total. The van der Waals surface area contributed by atoms with Crippen molar-refractivity contribution >= 4 is 28.8 Å². The topological polar surface area (TPSA) is 159 Å². The van der Waals surface area contributed by atoms with Crippen molar-refractivity contribution in [3.05, 3.63) is 75.3 Å². The predicted molar refractivity (Wildman–Crippen MR) is 152 cm³/mol. The van der Waals surface area contributed by atoms with Crippen LogP contribution in [0.4, 0.5) is 11.8 Å². The number of aryl methyl sites for hydroxylation is 2. The third-order valence-corrected chi connectivity index (χ3v) is 6.83. The van der Waals surface area contributed by atoms with E-state index >= 15 is 0 Å². The molecule has 0 bridgehead atoms. The number of nitrogens with one attached hydrogen (secondary N) is 1. The Labute approximate surface area is 234 Å². The SMILES string of the molecule is CCN(CC)c1ncc(-c2cccc(NC(=O)[C@H](C)n3cnc4c3c(=O)n(Cc3cc(C)on3)c(=O)n4C)n2)cn1. The fraction of sp³-hybridized carbons (Fsp3) is 0.333. The molecule has 0 spiro atoms. The molecule has 14 heteroatoms. The average molecular weight is 559 g/mol. The number of hydrogen-bond donors (Lipinski definition) is 1. The molecule has 0 aromatic carbocycles. The van der Waals surface area contributed by atoms with Gasteiger partial charge in [-0.1, -0.05) is 11.2 Å². The standard InChI is InChI=1S/C27H30N10O4/c1-6-35(7-2)26-28-12-18(13-29-26)20-9-8-10-21(31-20)32-24(38)17(4)37-15-30-23-22(37)25(39)36(27(40)34(23)5)14-19-11-16(3)41-33-19/h8-13,15,17H,6-7,14H2,1-5H3,(H,31,32,38)/t17-/m0/s1. The zero-order valence-corrected chi connectivity index (χ0v) is 23.4. The molecule has 1 atom stereocenters. The summed E-state index contributed by atoms with van der Waals surface area (Å²) in [5, 5.41) is 6.69. The second-order valence-electron chi connectivity index (χ2n) is 9.50. The number of pyridine rings is 1. The molecule has 0 aliphatic carbocycles. The summed E-state index contributed by atoms with van der Waals surface area (Å²) < 4.78 is 8.83. The molecule has 5 rings (SSSR count). The summed E-state index contributed by atoms with van der Waals surface area (Å²) in [7, 11) is 1.52. The third kappa shape index (κ3) is 5.23. The maximum atomic E-state index is 13.5. The van der Waals surface area contributed by atoms with Gasteiger partial charge in [0.25, 0.3) is 5.56 Å². The minimum absolute atomic E-state index is 0.0825. The zero-order chi connectivity index (χ0) is 29.3. The Hall–Kier alpha value is -5.14. The van der Waals surface area contributed by atoms with E-state index in [9.17, 15) is 14.4 Å². The van der Waals surface area contributed by atoms with Crippen molar-refractivity contribution in [2.24, 2.45) is 7.05 Å². The molecule has 0 unspecified atom stereocenters. The Morgan fingerprint density at radius 2 is 1.85 bits per heavy atom. The fourth-order valence-corrected chi connectivity index (χ4v) is 4.52. The van der Waals surface area contributed by atoms with Crippen molar-refractivity contribution in [1.82, 2.24) is 38.8 Å². The van der Waals surface area contributed by atoms with Crippen LogP contribution >= 0.6 is 0 Å². The molecule has 0 saturated carbocycles. The molecule has 0 aliphatic heterocycles. The lowest BCUT2D eigenvalue weighted by molar-refractivity contribution is -0.118. The first-order valence-electron chi connectivity index (χ1n) is 13.2. The molecule has 41 heavy (non-hydrogen) atoms. The van der Waals surface area contributed by atoms with Gasteiger partial charge in [-0.15, -0.1) is 0 Å². The molecule has 1 N–H and O–H groups in total. The third-order valence-electron chi connectivity index (χ3n) is 6.83. The van der Waals surface area contributed by atoms with Gasteiger partial charge in [-0.3, -0.25) is 18.7 Å². The Morgan fingerprint density at radius 1 is 1.12 bits per heavy atom. The van der Waals surface area contributed by atoms with E-state index in [1.807, 2.05) is 18.7 Å². The first kappa shape index (κ1) is 27.4. The van der Waals surface area contributed by atoms with Gasteiger partial charge in [-0.05, 0) is 39.8 Å². The van der Waals surface area contributed by atoms with Crippen LogP contribution in [0.3, 0.4) is 0 Å². The van der Waals surface area contributed by atoms with E-state index in [1.165, 1.54) is 22.5 Å². The maximum absolute atomic E-state index is 13.5. The number of imidazole rings is 1. The molecule has 5 aromatic rings. The van der Waals surface area contributed by atoms with E-state index in [0.29, 0.717) is 34.5 Å². The molecular formula is C27H30N10O4. The van der Waals surface area contributed by atoms with Crippen LogP contribution in [0.25, 0.3) is 22.4 Å². The summed E-state index contributed by atoms with van der Waals surface area (Å²) in [5.41, 5.74) is 0.861. The summed E-state index contributed by atoms with van der Waals surface area (Å²) in [4.78, 5) is 59.4. The zero-order valence-electron chi connectivity index (χ0n) is 23.4. The van der Waals surface area contributed by atoms with E-state index in [1.54, 1.807) is 50.5 Å². The van der Waals surface area contributed by atoms with Crippen molar-refractivity contribution in [2.45, 2.75) is 40.3 Å². The molecule has 0 saturated heterocycles. The highest BCUT2D eigenvalue weighted by molar-refractivity contribution is 5.93. The van der Waals surface area contributed by atoms with Crippen molar-refractivity contribution in [2.75, 3.05) is 23.3 Å². The van der Waals surface area contributed by atoms with Crippen LogP contribution in [0, 0.1) is 6.92 Å². The number of fused-ring (bicyclic) bond motifs is 1. The van der Waals surface area contributed by atoms with Gasteiger partial charge >= 0.3 is 5.69 Å². The van der Waals surface area contributed by atoms with E-state index in [-0.39, 0.29) is 17.7 Å². The van der Waals surface area contributed by atoms with Gasteiger partial charge in [0.2, 0.25) is 11.9 Å². The molecule has 0 aliphatic rings. The average Bonchev–Trinajstić information content (AvgIpc) is 3.61. The maximum Gasteiger partial charge on any atom is 0.332 e. The van der Waals surface area contributed by atoms with Crippen LogP contribution in [0.1, 0.15) is 38.3 Å². The lowest BCUT2D eigenvalue weighted by Crippen LogP contribution is -2.40. The molecule has 5 heterocycles. The Bertz CT molecular complexity index is 1830. The van der Waals surface area contributed by atoms with Gasteiger partial charge in [0.1, 0.15) is 23.3 Å². The minimum atomic E-state index is -0.852. The van der Waals surface area contributed by atoms with E-state index in [2.05, 4.69) is 30.4 Å². The molecule has 212 valence electrons. The summed E-state index contributed by atoms with van der Waals surface area (Å²) in [6.45, 7) is 8.95. The number of anilines is 2. The van der Waals surface area contributed by atoms with Crippen LogP contribution in [0.5, 0.6) is 0 Å². The quantitative estimate of drug-likeness (QED) is 0.284. The molecule has 0 radical (unpaired) electrons. The lowest BCUT2D eigenvalue weighted by atomic mass is 10.2. The van der Waals surface area contributed by atoms with Crippen LogP contribution in [0.2, 0.25) is 0 Å². The van der Waals surface area contributed by atoms with Gasteiger partial charge in [-0.2, -0.15) is 0 Å². The van der Waals surface area contributed by atoms with Crippen LogP contribution < -0.4 is 21.5 Å². The lowest BCUT2D eigenvalue weighted by Gasteiger charge is -2.18. The van der Waals surface area contributed by atoms with Crippen molar-refractivity contribution in [3.8, 4) is 11.3 Å². The highest BCUT2D eigenvalue weighted by atomic mass is 16.5. The number of aromatic nitrogens is 8. The van der Waals surface area contributed by atoms with E-state index in [0.717, 1.165) is 17.7 Å². The van der Waals surface area contributed by atoms with E-state index in [4.69, 9.17) is 4.52 Å². The molecule has 1 amide bonds. The van der Waals surface area contributed by atoms with Gasteiger partial charge in [0.15, 0.2) is 11.2 Å². The number of amides is 1. The summed E-state index contributed by atoms with van der Waals surface area (Å²) in [5.74, 6) is 1.09. The molecular weight excluding hydrogens is 528 g/mol. The highest BCUT2D eigenvalue weighted by Crippen LogP contribution is 2.20. The number of nitrogens with zero attached hydrogens (tertiary/aromatic N) is 9. The van der Waals surface area contributed by atoms with Gasteiger partial charge in [0.05, 0.1) is 18.6 Å². The second-order valence-corrected chi connectivity index (χ2v) is 9.50. The number of carbonyl (C=O) groups is 1. The monoisotopic (exact) mass is 558 g/mol. The number of hydrogen-bond acceptors (Lipinski definition) is 10. The van der Waals surface area contributed by atoms with Crippen LogP contribution in [0.15, 0.2) is 57.1 Å². The predicted octanol–water partition coefficient (Wildman–Crippen LogP) is 2.14. The molecule has 0 fully saturated rings. The van der Waals surface area contributed by atoms with Crippen LogP contribution in [-0.2, 0) is 18.4 Å². The molecule has 5 aromatic heterocycles. The largest absolute Gasteiger partial charge is 0.361 e. The summed E-state index contributed by atoms with van der Waals surface area (Å²) >= 11 is 0. The normalized spacial score (nSPS) is 12.0. The summed E-state index contributed by atoms with van der Waals surface area (Å²) in [6, 6.07) is 6.04. The van der Waals surface area contributed by atoms with Crippen molar-refractivity contribution in [3.63, 3.8) is 0 Å². The van der Waals surface area contributed by atoms with E-state index < -0.39 is 23.2 Å². The fourth-order valence-electron chi connectivity index (χ4n) is 4.52. The van der Waals surface area contributed by atoms with Crippen LogP contribution in [-0.4, -0.2) is 57.8 Å². The summed E-state index contributed by atoms with van der Waals surface area (Å²) in [6.07, 6.45) is 4.77. The van der Waals surface area contributed by atoms with Gasteiger partial charge < -0.3 is 19.3 Å².